The van der Waals surface area contributed by atoms with E-state index in [-0.39, 0.29) is 5.82 Å². The van der Waals surface area contributed by atoms with Gasteiger partial charge in [-0.05, 0) is 37.0 Å². The van der Waals surface area contributed by atoms with Gasteiger partial charge in [-0.2, -0.15) is 0 Å². The van der Waals surface area contributed by atoms with E-state index in [0.717, 1.165) is 10.8 Å². The molecule has 0 heterocycles. The van der Waals surface area contributed by atoms with E-state index in [1.165, 1.54) is 38.2 Å². The van der Waals surface area contributed by atoms with Crippen LogP contribution >= 0.6 is 11.8 Å². The van der Waals surface area contributed by atoms with Crippen LogP contribution in [0.25, 0.3) is 0 Å². The van der Waals surface area contributed by atoms with E-state index in [9.17, 15) is 4.39 Å². The van der Waals surface area contributed by atoms with E-state index in [4.69, 9.17) is 5.73 Å². The van der Waals surface area contributed by atoms with E-state index in [0.29, 0.717) is 10.9 Å². The molecule has 3 heteroatoms. The molecule has 1 aromatic rings. The van der Waals surface area contributed by atoms with Crippen molar-refractivity contribution in [1.82, 2.24) is 0 Å². The van der Waals surface area contributed by atoms with Gasteiger partial charge in [0.1, 0.15) is 5.82 Å². The van der Waals surface area contributed by atoms with Crippen LogP contribution in [0.4, 0.5) is 10.1 Å². The number of anilines is 1. The number of halogens is 1. The van der Waals surface area contributed by atoms with Crippen LogP contribution in [0.15, 0.2) is 23.1 Å². The largest absolute Gasteiger partial charge is 0.399 e. The van der Waals surface area contributed by atoms with Gasteiger partial charge in [0.2, 0.25) is 0 Å². The maximum absolute atomic E-state index is 13.7. The van der Waals surface area contributed by atoms with Gasteiger partial charge in [-0.1, -0.05) is 26.2 Å². The molecule has 0 radical (unpaired) electrons. The fourth-order valence-electron chi connectivity index (χ4n) is 2.51. The first-order valence-electron chi connectivity index (χ1n) is 6.40. The van der Waals surface area contributed by atoms with E-state index >= 15 is 0 Å². The Labute approximate surface area is 107 Å². The van der Waals surface area contributed by atoms with Crippen LogP contribution < -0.4 is 5.73 Å². The van der Waals surface area contributed by atoms with Gasteiger partial charge in [-0.25, -0.2) is 4.39 Å². The number of benzene rings is 1. The molecule has 0 bridgehead atoms. The first-order valence-corrected chi connectivity index (χ1v) is 7.28. The molecule has 94 valence electrons. The highest BCUT2D eigenvalue weighted by molar-refractivity contribution is 8.00. The summed E-state index contributed by atoms with van der Waals surface area (Å²) in [7, 11) is 0. The summed E-state index contributed by atoms with van der Waals surface area (Å²) in [4.78, 5) is 0.751. The molecule has 1 nitrogen and oxygen atoms in total. The predicted octanol–water partition coefficient (Wildman–Crippen LogP) is 4.47. The molecule has 0 aromatic heterocycles. The first kappa shape index (κ1) is 12.7. The highest BCUT2D eigenvalue weighted by Crippen LogP contribution is 2.38. The van der Waals surface area contributed by atoms with Crippen LogP contribution in [0.2, 0.25) is 0 Å². The number of rotatable bonds is 3. The summed E-state index contributed by atoms with van der Waals surface area (Å²) in [5.41, 5.74) is 6.06. The van der Waals surface area contributed by atoms with Crippen LogP contribution in [-0.4, -0.2) is 5.25 Å². The quantitative estimate of drug-likeness (QED) is 0.804. The minimum Gasteiger partial charge on any atom is -0.399 e. The van der Waals surface area contributed by atoms with Crippen molar-refractivity contribution in [2.45, 2.75) is 49.2 Å². The van der Waals surface area contributed by atoms with Gasteiger partial charge in [0.15, 0.2) is 0 Å². The van der Waals surface area contributed by atoms with Crippen LogP contribution in [0.5, 0.6) is 0 Å². The summed E-state index contributed by atoms with van der Waals surface area (Å²) in [5, 5.41) is 0.576. The van der Waals surface area contributed by atoms with E-state index in [2.05, 4.69) is 6.92 Å². The molecule has 17 heavy (non-hydrogen) atoms. The van der Waals surface area contributed by atoms with Crippen molar-refractivity contribution in [1.29, 1.82) is 0 Å². The van der Waals surface area contributed by atoms with Crippen LogP contribution in [0.1, 0.15) is 39.0 Å². The van der Waals surface area contributed by atoms with E-state index in [1.807, 2.05) is 6.07 Å². The van der Waals surface area contributed by atoms with Gasteiger partial charge in [0, 0.05) is 15.8 Å². The van der Waals surface area contributed by atoms with Gasteiger partial charge in [0.25, 0.3) is 0 Å². The summed E-state index contributed by atoms with van der Waals surface area (Å²) >= 11 is 1.69. The van der Waals surface area contributed by atoms with E-state index in [1.54, 1.807) is 17.8 Å². The molecular formula is C14H20FNS. The third-order valence-corrected chi connectivity index (χ3v) is 4.91. The predicted molar refractivity (Wildman–Crippen MR) is 72.7 cm³/mol. The Kier molecular flexibility index (Phi) is 4.32. The summed E-state index contributed by atoms with van der Waals surface area (Å²) in [5.74, 6) is 0.659. The van der Waals surface area contributed by atoms with Crippen molar-refractivity contribution < 1.29 is 4.39 Å². The second-order valence-electron chi connectivity index (χ2n) is 4.87. The van der Waals surface area contributed by atoms with Crippen molar-refractivity contribution >= 4 is 17.4 Å². The van der Waals surface area contributed by atoms with Crippen LogP contribution in [0, 0.1) is 11.7 Å². The number of hydrogen-bond acceptors (Lipinski definition) is 2. The minimum absolute atomic E-state index is 0.173. The molecule has 1 saturated carbocycles. The van der Waals surface area contributed by atoms with Crippen molar-refractivity contribution in [3.05, 3.63) is 24.0 Å². The normalized spacial score (nSPS) is 24.8. The zero-order valence-electron chi connectivity index (χ0n) is 10.3. The van der Waals surface area contributed by atoms with Crippen molar-refractivity contribution in [3.8, 4) is 0 Å². The maximum atomic E-state index is 13.7. The molecule has 2 N–H and O–H groups in total. The Morgan fingerprint density at radius 3 is 2.94 bits per heavy atom. The molecule has 2 unspecified atom stereocenters. The zero-order valence-corrected chi connectivity index (χ0v) is 11.1. The molecule has 2 rings (SSSR count). The summed E-state index contributed by atoms with van der Waals surface area (Å²) in [6, 6.07) is 5.01. The second kappa shape index (κ2) is 5.76. The minimum atomic E-state index is -0.173. The number of hydrogen-bond donors (Lipinski definition) is 1. The molecule has 0 amide bonds. The smallest absolute Gasteiger partial charge is 0.138 e. The van der Waals surface area contributed by atoms with Gasteiger partial charge in [-0.3, -0.25) is 0 Å². The molecule has 2 atom stereocenters. The maximum Gasteiger partial charge on any atom is 0.138 e. The molecule has 1 aromatic carbocycles. The molecule has 1 aliphatic rings. The van der Waals surface area contributed by atoms with Crippen LogP contribution in [-0.2, 0) is 0 Å². The van der Waals surface area contributed by atoms with Crippen molar-refractivity contribution in [3.63, 3.8) is 0 Å². The Morgan fingerprint density at radius 2 is 2.24 bits per heavy atom. The third-order valence-electron chi connectivity index (χ3n) is 3.56. The number of thioether (sulfide) groups is 1. The molecule has 0 aliphatic heterocycles. The van der Waals surface area contributed by atoms with E-state index < -0.39 is 0 Å². The fraction of sp³-hybridized carbons (Fsp3) is 0.571. The van der Waals surface area contributed by atoms with Crippen LogP contribution in [0.3, 0.4) is 0 Å². The molecule has 0 spiro atoms. The third kappa shape index (κ3) is 3.38. The van der Waals surface area contributed by atoms with Gasteiger partial charge < -0.3 is 5.73 Å². The fourth-order valence-corrected chi connectivity index (χ4v) is 3.84. The lowest BCUT2D eigenvalue weighted by Gasteiger charge is -2.28. The second-order valence-corrected chi connectivity index (χ2v) is 6.21. The van der Waals surface area contributed by atoms with Crippen molar-refractivity contribution in [2.24, 2.45) is 5.92 Å². The van der Waals surface area contributed by atoms with Crippen molar-refractivity contribution in [2.75, 3.05) is 5.73 Å². The summed E-state index contributed by atoms with van der Waals surface area (Å²) < 4.78 is 13.7. The number of nitrogens with two attached hydrogens (primary N) is 1. The zero-order chi connectivity index (χ0) is 12.3. The number of nitrogen functional groups attached to an aromatic ring is 1. The molecule has 1 aliphatic carbocycles. The molecule has 0 saturated heterocycles. The summed E-state index contributed by atoms with van der Waals surface area (Å²) in [6.45, 7) is 2.25. The highest BCUT2D eigenvalue weighted by atomic mass is 32.2. The monoisotopic (exact) mass is 253 g/mol. The lowest BCUT2D eigenvalue weighted by molar-refractivity contribution is 0.357. The SMILES string of the molecule is CCC1CCCC(Sc2ccc(N)cc2F)C1. The molecular weight excluding hydrogens is 233 g/mol. The Morgan fingerprint density at radius 1 is 1.41 bits per heavy atom. The topological polar surface area (TPSA) is 26.0 Å². The average Bonchev–Trinajstić information content (AvgIpc) is 2.33. The van der Waals surface area contributed by atoms with Gasteiger partial charge >= 0.3 is 0 Å². The Balaban J connectivity index is 2.00. The Hall–Kier alpha value is -0.700. The lowest BCUT2D eigenvalue weighted by Crippen LogP contribution is -2.16. The first-order chi connectivity index (χ1) is 8.19. The van der Waals surface area contributed by atoms with Gasteiger partial charge in [-0.15, -0.1) is 11.8 Å². The highest BCUT2D eigenvalue weighted by Gasteiger charge is 2.22. The summed E-state index contributed by atoms with van der Waals surface area (Å²) in [6.07, 6.45) is 6.32. The average molecular weight is 253 g/mol. The van der Waals surface area contributed by atoms with Gasteiger partial charge in [0.05, 0.1) is 0 Å². The standard InChI is InChI=1S/C14H20FNS/c1-2-10-4-3-5-12(8-10)17-14-7-6-11(16)9-13(14)15/h6-7,9-10,12H,2-5,8,16H2,1H3. The molecule has 1 fully saturated rings. The lowest BCUT2D eigenvalue weighted by atomic mass is 9.87. The Bertz CT molecular complexity index is 380.